The summed E-state index contributed by atoms with van der Waals surface area (Å²) in [6.45, 7) is 0. The number of fused-ring (bicyclic) bond motifs is 10. The molecule has 4 nitrogen and oxygen atoms in total. The van der Waals surface area contributed by atoms with Crippen LogP contribution in [0.25, 0.3) is 82.5 Å². The lowest BCUT2D eigenvalue weighted by atomic mass is 10.0. The first kappa shape index (κ1) is 25.7. The fraction of sp³-hybridized carbons (Fsp3) is 0. The zero-order valence-corrected chi connectivity index (χ0v) is 25.3. The molecule has 0 atom stereocenters. The Bertz CT molecular complexity index is 2900. The highest BCUT2D eigenvalue weighted by molar-refractivity contribution is 6.27. The lowest BCUT2D eigenvalue weighted by Crippen LogP contribution is -1.97. The van der Waals surface area contributed by atoms with Crippen molar-refractivity contribution in [2.24, 2.45) is 0 Å². The Labute approximate surface area is 270 Å². The molecule has 0 N–H and O–H groups in total. The maximum Gasteiger partial charge on any atom is 0.0999 e. The highest BCUT2D eigenvalue weighted by Crippen LogP contribution is 2.44. The van der Waals surface area contributed by atoms with Crippen LogP contribution in [0.3, 0.4) is 0 Å². The fourth-order valence-electron chi connectivity index (χ4n) is 7.77. The van der Waals surface area contributed by atoms with Gasteiger partial charge in [0.1, 0.15) is 0 Å². The molecule has 10 aromatic rings. The van der Waals surface area contributed by atoms with Crippen molar-refractivity contribution in [2.45, 2.75) is 0 Å². The molecule has 0 aliphatic carbocycles. The second-order valence-corrected chi connectivity index (χ2v) is 12.1. The van der Waals surface area contributed by atoms with Crippen LogP contribution in [0.5, 0.6) is 0 Å². The molecule has 0 unspecified atom stereocenters. The molecule has 0 aliphatic heterocycles. The first-order valence-electron chi connectivity index (χ1n) is 15.9. The molecule has 3 heterocycles. The van der Waals surface area contributed by atoms with E-state index in [1.807, 2.05) is 6.07 Å². The number of benzene rings is 7. The van der Waals surface area contributed by atoms with E-state index in [1.165, 1.54) is 16.3 Å². The van der Waals surface area contributed by atoms with Gasteiger partial charge in [0.15, 0.2) is 0 Å². The van der Waals surface area contributed by atoms with Crippen LogP contribution >= 0.6 is 0 Å². The van der Waals surface area contributed by atoms with Crippen molar-refractivity contribution in [2.75, 3.05) is 0 Å². The van der Waals surface area contributed by atoms with Crippen LogP contribution in [0.4, 0.5) is 0 Å². The third-order valence-electron chi connectivity index (χ3n) is 9.64. The van der Waals surface area contributed by atoms with E-state index in [0.717, 1.165) is 66.2 Å². The van der Waals surface area contributed by atoms with Crippen LogP contribution in [0.2, 0.25) is 0 Å². The molecule has 0 radical (unpaired) electrons. The Morgan fingerprint density at radius 3 is 1.51 bits per heavy atom. The molecule has 218 valence electrons. The van der Waals surface area contributed by atoms with E-state index in [4.69, 9.17) is 0 Å². The van der Waals surface area contributed by atoms with Gasteiger partial charge in [-0.1, -0.05) is 97.1 Å². The number of hydrogen-bond donors (Lipinski definition) is 0. The average Bonchev–Trinajstić information content (AvgIpc) is 3.77. The normalized spacial score (nSPS) is 11.8. The first-order valence-corrected chi connectivity index (χ1v) is 15.9. The number of rotatable bonds is 3. The summed E-state index contributed by atoms with van der Waals surface area (Å²) in [5.74, 6) is 0. The number of para-hydroxylation sites is 5. The smallest absolute Gasteiger partial charge is 0.0999 e. The van der Waals surface area contributed by atoms with Crippen LogP contribution in [-0.2, 0) is 0 Å². The molecule has 3 aromatic heterocycles. The SMILES string of the molecule is N#Cc1cc2c(c3ccccc3n2-c2ccc3c4ccccc4n(-c4ccccc4)c3c2)c2c1c1ccccc1n2-c1ccccc1. The molecule has 0 saturated heterocycles. The highest BCUT2D eigenvalue weighted by atomic mass is 15.0. The summed E-state index contributed by atoms with van der Waals surface area (Å²) in [5, 5.41) is 17.5. The molecule has 10 rings (SSSR count). The van der Waals surface area contributed by atoms with Crippen molar-refractivity contribution >= 4 is 65.4 Å². The summed E-state index contributed by atoms with van der Waals surface area (Å²) < 4.78 is 7.03. The predicted octanol–water partition coefficient (Wildman–Crippen LogP) is 10.8. The molecule has 0 fully saturated rings. The number of hydrogen-bond acceptors (Lipinski definition) is 1. The summed E-state index contributed by atoms with van der Waals surface area (Å²) in [5.41, 5.74) is 10.5. The molecule has 0 amide bonds. The molecular formula is C43H26N4. The van der Waals surface area contributed by atoms with Gasteiger partial charge in [0.25, 0.3) is 0 Å². The molecule has 0 bridgehead atoms. The molecule has 4 heteroatoms. The lowest BCUT2D eigenvalue weighted by Gasteiger charge is -2.12. The Morgan fingerprint density at radius 2 is 0.851 bits per heavy atom. The van der Waals surface area contributed by atoms with Gasteiger partial charge in [-0.15, -0.1) is 0 Å². The van der Waals surface area contributed by atoms with Gasteiger partial charge in [0.2, 0.25) is 0 Å². The predicted molar refractivity (Wildman–Crippen MR) is 194 cm³/mol. The third-order valence-corrected chi connectivity index (χ3v) is 9.64. The summed E-state index contributed by atoms with van der Waals surface area (Å²) in [7, 11) is 0. The van der Waals surface area contributed by atoms with Gasteiger partial charge < -0.3 is 13.7 Å². The molecular weight excluding hydrogens is 573 g/mol. The quantitative estimate of drug-likeness (QED) is 0.199. The van der Waals surface area contributed by atoms with E-state index < -0.39 is 0 Å². The Hall–Kier alpha value is -6.57. The monoisotopic (exact) mass is 598 g/mol. The van der Waals surface area contributed by atoms with Crippen molar-refractivity contribution in [3.05, 3.63) is 163 Å². The first-order chi connectivity index (χ1) is 23.3. The number of nitrogens with zero attached hydrogens (tertiary/aromatic N) is 4. The van der Waals surface area contributed by atoms with Gasteiger partial charge in [0, 0.05) is 49.4 Å². The maximum absolute atomic E-state index is 10.7. The average molecular weight is 599 g/mol. The zero-order valence-electron chi connectivity index (χ0n) is 25.3. The topological polar surface area (TPSA) is 38.6 Å². The van der Waals surface area contributed by atoms with Crippen LogP contribution in [0.15, 0.2) is 158 Å². The third kappa shape index (κ3) is 3.51. The van der Waals surface area contributed by atoms with Crippen LogP contribution in [-0.4, -0.2) is 13.7 Å². The number of aromatic nitrogens is 3. The van der Waals surface area contributed by atoms with Crippen molar-refractivity contribution in [1.29, 1.82) is 5.26 Å². The van der Waals surface area contributed by atoms with Crippen molar-refractivity contribution in [3.63, 3.8) is 0 Å². The van der Waals surface area contributed by atoms with E-state index in [9.17, 15) is 5.26 Å². The van der Waals surface area contributed by atoms with Crippen LogP contribution in [0, 0.1) is 11.3 Å². The molecule has 7 aromatic carbocycles. The molecule has 0 aliphatic rings. The standard InChI is InChI=1S/C43H26N4/c44-27-28-25-40-42(43-41(28)34-18-8-12-22-38(34)47(43)30-15-5-2-6-16-30)35-19-9-11-21-37(35)46(40)31-23-24-33-32-17-7-10-20-36(32)45(39(33)26-31)29-13-3-1-4-14-29/h1-26H. The lowest BCUT2D eigenvalue weighted by molar-refractivity contribution is 1.15. The van der Waals surface area contributed by atoms with Crippen molar-refractivity contribution < 1.29 is 0 Å². The van der Waals surface area contributed by atoms with Crippen LogP contribution in [0.1, 0.15) is 5.56 Å². The van der Waals surface area contributed by atoms with Crippen molar-refractivity contribution in [1.82, 2.24) is 13.7 Å². The Balaban J connectivity index is 1.39. The Kier molecular flexibility index (Phi) is 5.32. The van der Waals surface area contributed by atoms with E-state index >= 15 is 0 Å². The van der Waals surface area contributed by atoms with Gasteiger partial charge in [-0.2, -0.15) is 5.26 Å². The fourth-order valence-corrected chi connectivity index (χ4v) is 7.77. The zero-order chi connectivity index (χ0) is 31.1. The van der Waals surface area contributed by atoms with Gasteiger partial charge in [-0.25, -0.2) is 0 Å². The number of nitriles is 1. The second-order valence-electron chi connectivity index (χ2n) is 12.1. The highest BCUT2D eigenvalue weighted by Gasteiger charge is 2.24. The van der Waals surface area contributed by atoms with Gasteiger partial charge in [0.05, 0.1) is 44.7 Å². The van der Waals surface area contributed by atoms with Gasteiger partial charge in [-0.05, 0) is 60.7 Å². The minimum absolute atomic E-state index is 0.668. The summed E-state index contributed by atoms with van der Waals surface area (Å²) in [6, 6.07) is 58.2. The van der Waals surface area contributed by atoms with E-state index in [2.05, 4.69) is 171 Å². The molecule has 0 spiro atoms. The van der Waals surface area contributed by atoms with E-state index in [0.29, 0.717) is 5.56 Å². The Morgan fingerprint density at radius 1 is 0.362 bits per heavy atom. The van der Waals surface area contributed by atoms with E-state index in [-0.39, 0.29) is 0 Å². The largest absolute Gasteiger partial charge is 0.309 e. The summed E-state index contributed by atoms with van der Waals surface area (Å²) in [4.78, 5) is 0. The molecule has 0 saturated carbocycles. The maximum atomic E-state index is 10.7. The van der Waals surface area contributed by atoms with Crippen molar-refractivity contribution in [3.8, 4) is 23.1 Å². The molecule has 47 heavy (non-hydrogen) atoms. The van der Waals surface area contributed by atoms with E-state index in [1.54, 1.807) is 0 Å². The summed E-state index contributed by atoms with van der Waals surface area (Å²) >= 11 is 0. The van der Waals surface area contributed by atoms with Gasteiger partial charge >= 0.3 is 0 Å². The minimum Gasteiger partial charge on any atom is -0.309 e. The minimum atomic E-state index is 0.668. The summed E-state index contributed by atoms with van der Waals surface area (Å²) in [6.07, 6.45) is 0. The van der Waals surface area contributed by atoms with Crippen LogP contribution < -0.4 is 0 Å². The van der Waals surface area contributed by atoms with Gasteiger partial charge in [-0.3, -0.25) is 0 Å². The second kappa shape index (κ2) is 9.71.